The number of nitrogens with two attached hydrogens (primary N) is 1. The smallest absolute Gasteiger partial charge is 0.0705 e. The van der Waals surface area contributed by atoms with Crippen molar-refractivity contribution in [3.63, 3.8) is 0 Å². The van der Waals surface area contributed by atoms with Crippen LogP contribution in [0, 0.1) is 0 Å². The van der Waals surface area contributed by atoms with E-state index in [1.807, 2.05) is 54.6 Å². The van der Waals surface area contributed by atoms with Crippen molar-refractivity contribution in [1.29, 1.82) is 0 Å². The maximum atomic E-state index is 6.36. The van der Waals surface area contributed by atoms with Crippen LogP contribution in [0.1, 0.15) is 17.2 Å². The number of hydrogen-bond acceptors (Lipinski definition) is 2. The van der Waals surface area contributed by atoms with E-state index in [1.165, 1.54) is 0 Å². The van der Waals surface area contributed by atoms with Crippen LogP contribution in [0.3, 0.4) is 0 Å². The summed E-state index contributed by atoms with van der Waals surface area (Å²) in [5.74, 6) is 0. The summed E-state index contributed by atoms with van der Waals surface area (Å²) in [4.78, 5) is 4.36. The fraction of sp³-hybridized carbons (Fsp3) is 0.0625. The zero-order chi connectivity index (χ0) is 13.2. The van der Waals surface area contributed by atoms with Gasteiger partial charge in [-0.25, -0.2) is 0 Å². The monoisotopic (exact) mass is 268 g/mol. The first-order valence-electron chi connectivity index (χ1n) is 6.10. The Morgan fingerprint density at radius 3 is 2.47 bits per heavy atom. The van der Waals surface area contributed by atoms with Crippen molar-refractivity contribution in [1.82, 2.24) is 4.98 Å². The summed E-state index contributed by atoms with van der Waals surface area (Å²) in [6.45, 7) is 0. The topological polar surface area (TPSA) is 38.9 Å². The quantitative estimate of drug-likeness (QED) is 0.765. The van der Waals surface area contributed by atoms with Crippen molar-refractivity contribution in [2.45, 2.75) is 6.04 Å². The first kappa shape index (κ1) is 12.2. The number of rotatable bonds is 2. The van der Waals surface area contributed by atoms with Crippen LogP contribution in [0.2, 0.25) is 5.02 Å². The largest absolute Gasteiger partial charge is 0.320 e. The molecule has 2 nitrogen and oxygen atoms in total. The predicted molar refractivity (Wildman–Crippen MR) is 79.2 cm³/mol. The number of benzene rings is 2. The van der Waals surface area contributed by atoms with Crippen molar-refractivity contribution in [2.24, 2.45) is 5.73 Å². The Balaban J connectivity index is 2.11. The minimum Gasteiger partial charge on any atom is -0.320 e. The molecule has 0 aliphatic carbocycles. The third-order valence-electron chi connectivity index (χ3n) is 3.25. The Morgan fingerprint density at radius 2 is 1.68 bits per heavy atom. The molecule has 0 saturated carbocycles. The highest BCUT2D eigenvalue weighted by Crippen LogP contribution is 2.26. The Bertz CT molecular complexity index is 702. The molecule has 0 aliphatic heterocycles. The van der Waals surface area contributed by atoms with Gasteiger partial charge in [-0.15, -0.1) is 0 Å². The molecule has 94 valence electrons. The summed E-state index contributed by atoms with van der Waals surface area (Å²) in [6, 6.07) is 17.5. The molecule has 3 heteroatoms. The summed E-state index contributed by atoms with van der Waals surface area (Å²) in [5, 5.41) is 1.81. The van der Waals surface area contributed by atoms with Crippen molar-refractivity contribution in [3.05, 3.63) is 76.9 Å². The fourth-order valence-corrected chi connectivity index (χ4v) is 2.36. The van der Waals surface area contributed by atoms with Crippen LogP contribution >= 0.6 is 11.6 Å². The standard InChI is InChI=1S/C16H13ClN2/c17-12-7-5-11(6-8-12)16(18)14-9-10-19-15-4-2-1-3-13(14)15/h1-10,16H,18H2. The summed E-state index contributed by atoms with van der Waals surface area (Å²) in [6.07, 6.45) is 1.80. The van der Waals surface area contributed by atoms with Crippen LogP contribution in [0.25, 0.3) is 10.9 Å². The summed E-state index contributed by atoms with van der Waals surface area (Å²) in [5.41, 5.74) is 9.44. The summed E-state index contributed by atoms with van der Waals surface area (Å²) < 4.78 is 0. The Kier molecular flexibility index (Phi) is 3.20. The van der Waals surface area contributed by atoms with E-state index in [9.17, 15) is 0 Å². The van der Waals surface area contributed by atoms with Gasteiger partial charge < -0.3 is 5.73 Å². The van der Waals surface area contributed by atoms with E-state index in [4.69, 9.17) is 17.3 Å². The summed E-state index contributed by atoms with van der Waals surface area (Å²) >= 11 is 5.91. The molecule has 0 aliphatic rings. The van der Waals surface area contributed by atoms with Crippen LogP contribution in [0.15, 0.2) is 60.8 Å². The lowest BCUT2D eigenvalue weighted by atomic mass is 9.97. The normalized spacial score (nSPS) is 12.5. The molecular weight excluding hydrogens is 256 g/mol. The molecule has 0 amide bonds. The lowest BCUT2D eigenvalue weighted by Crippen LogP contribution is -2.12. The van der Waals surface area contributed by atoms with E-state index in [1.54, 1.807) is 6.20 Å². The first-order valence-corrected chi connectivity index (χ1v) is 6.48. The van der Waals surface area contributed by atoms with E-state index >= 15 is 0 Å². The zero-order valence-corrected chi connectivity index (χ0v) is 11.0. The second kappa shape index (κ2) is 5.00. The minimum absolute atomic E-state index is 0.176. The lowest BCUT2D eigenvalue weighted by molar-refractivity contribution is 0.879. The van der Waals surface area contributed by atoms with E-state index in [2.05, 4.69) is 4.98 Å². The van der Waals surface area contributed by atoms with Crippen LogP contribution in [0.4, 0.5) is 0 Å². The molecule has 3 aromatic rings. The second-order valence-electron chi connectivity index (χ2n) is 4.45. The van der Waals surface area contributed by atoms with Crippen LogP contribution in [-0.2, 0) is 0 Å². The second-order valence-corrected chi connectivity index (χ2v) is 4.88. The van der Waals surface area contributed by atoms with Gasteiger partial charge in [0.25, 0.3) is 0 Å². The van der Waals surface area contributed by atoms with Gasteiger partial charge in [0.15, 0.2) is 0 Å². The molecule has 0 saturated heterocycles. The van der Waals surface area contributed by atoms with Gasteiger partial charge in [-0.3, -0.25) is 4.98 Å². The van der Waals surface area contributed by atoms with Gasteiger partial charge >= 0.3 is 0 Å². The number of fused-ring (bicyclic) bond motifs is 1. The highest BCUT2D eigenvalue weighted by Gasteiger charge is 2.12. The highest BCUT2D eigenvalue weighted by molar-refractivity contribution is 6.30. The minimum atomic E-state index is -0.176. The average molecular weight is 269 g/mol. The molecule has 2 aromatic carbocycles. The SMILES string of the molecule is NC(c1ccc(Cl)cc1)c1ccnc2ccccc12. The van der Waals surface area contributed by atoms with Gasteiger partial charge in [0.2, 0.25) is 0 Å². The third kappa shape index (κ3) is 2.33. The van der Waals surface area contributed by atoms with E-state index < -0.39 is 0 Å². The molecule has 1 aromatic heterocycles. The predicted octanol–water partition coefficient (Wildman–Crippen LogP) is 3.94. The Hall–Kier alpha value is -1.90. The van der Waals surface area contributed by atoms with Crippen LogP contribution < -0.4 is 5.73 Å². The van der Waals surface area contributed by atoms with Crippen molar-refractivity contribution in [3.8, 4) is 0 Å². The molecule has 1 unspecified atom stereocenters. The number of pyridine rings is 1. The molecule has 2 N–H and O–H groups in total. The molecule has 19 heavy (non-hydrogen) atoms. The van der Waals surface area contributed by atoms with Crippen LogP contribution in [-0.4, -0.2) is 4.98 Å². The van der Waals surface area contributed by atoms with Gasteiger partial charge in [-0.2, -0.15) is 0 Å². The molecule has 3 rings (SSSR count). The Morgan fingerprint density at radius 1 is 0.947 bits per heavy atom. The van der Waals surface area contributed by atoms with Gasteiger partial charge in [0.1, 0.15) is 0 Å². The van der Waals surface area contributed by atoms with Gasteiger partial charge in [0.05, 0.1) is 11.6 Å². The van der Waals surface area contributed by atoms with Crippen molar-refractivity contribution >= 4 is 22.5 Å². The van der Waals surface area contributed by atoms with Crippen LogP contribution in [0.5, 0.6) is 0 Å². The van der Waals surface area contributed by atoms with E-state index in [0.717, 1.165) is 27.1 Å². The van der Waals surface area contributed by atoms with E-state index in [-0.39, 0.29) is 6.04 Å². The maximum Gasteiger partial charge on any atom is 0.0705 e. The highest BCUT2D eigenvalue weighted by atomic mass is 35.5. The molecule has 0 bridgehead atoms. The Labute approximate surface area is 116 Å². The number of hydrogen-bond donors (Lipinski definition) is 1. The molecular formula is C16H13ClN2. The van der Waals surface area contributed by atoms with Crippen molar-refractivity contribution < 1.29 is 0 Å². The number of halogens is 1. The molecule has 1 heterocycles. The maximum absolute atomic E-state index is 6.36. The van der Waals surface area contributed by atoms with Crippen molar-refractivity contribution in [2.75, 3.05) is 0 Å². The molecule has 0 fully saturated rings. The summed E-state index contributed by atoms with van der Waals surface area (Å²) in [7, 11) is 0. The average Bonchev–Trinajstić information content (AvgIpc) is 2.47. The van der Waals surface area contributed by atoms with Gasteiger partial charge in [-0.05, 0) is 35.4 Å². The number of nitrogens with zero attached hydrogens (tertiary/aromatic N) is 1. The molecule has 0 spiro atoms. The van der Waals surface area contributed by atoms with Gasteiger partial charge in [0, 0.05) is 16.6 Å². The zero-order valence-electron chi connectivity index (χ0n) is 10.3. The lowest BCUT2D eigenvalue weighted by Gasteiger charge is -2.14. The number of para-hydroxylation sites is 1. The first-order chi connectivity index (χ1) is 9.25. The van der Waals surface area contributed by atoms with Gasteiger partial charge in [-0.1, -0.05) is 41.9 Å². The van der Waals surface area contributed by atoms with E-state index in [0.29, 0.717) is 0 Å². The fourth-order valence-electron chi connectivity index (χ4n) is 2.24. The number of aromatic nitrogens is 1. The molecule has 1 atom stereocenters. The third-order valence-corrected chi connectivity index (χ3v) is 3.50. The molecule has 0 radical (unpaired) electrons.